The largest absolute Gasteiger partial charge is 0.508 e. The minimum Gasteiger partial charge on any atom is -0.508 e. The zero-order chi connectivity index (χ0) is 10.8. The fraction of sp³-hybridized carbons (Fsp3) is 0.538. The van der Waals surface area contributed by atoms with E-state index in [1.165, 1.54) is 37.7 Å². The van der Waals surface area contributed by atoms with E-state index in [2.05, 4.69) is 6.92 Å². The van der Waals surface area contributed by atoms with Crippen molar-refractivity contribution in [3.63, 3.8) is 0 Å². The first kappa shape index (κ1) is 10.3. The molecule has 2 rings (SSSR count). The number of aromatic hydroxyl groups is 1. The molecule has 0 aromatic heterocycles. The fourth-order valence-corrected chi connectivity index (χ4v) is 2.58. The highest BCUT2D eigenvalue weighted by molar-refractivity contribution is 5.55. The van der Waals surface area contributed by atoms with Gasteiger partial charge in [-0.05, 0) is 42.9 Å². The minimum absolute atomic E-state index is 0.304. The molecule has 2 heteroatoms. The van der Waals surface area contributed by atoms with Gasteiger partial charge < -0.3 is 10.8 Å². The van der Waals surface area contributed by atoms with Gasteiger partial charge in [0.1, 0.15) is 5.75 Å². The Kier molecular flexibility index (Phi) is 2.85. The average molecular weight is 205 g/mol. The van der Waals surface area contributed by atoms with Crippen molar-refractivity contribution in [1.82, 2.24) is 0 Å². The Labute approximate surface area is 91.1 Å². The summed E-state index contributed by atoms with van der Waals surface area (Å²) in [5, 5.41) is 9.57. The monoisotopic (exact) mass is 205 g/mol. The molecule has 0 heterocycles. The number of anilines is 1. The fourth-order valence-electron chi connectivity index (χ4n) is 2.58. The van der Waals surface area contributed by atoms with Gasteiger partial charge in [-0.3, -0.25) is 0 Å². The number of rotatable bonds is 1. The van der Waals surface area contributed by atoms with Crippen LogP contribution in [0.1, 0.15) is 49.1 Å². The zero-order valence-electron chi connectivity index (χ0n) is 9.29. The van der Waals surface area contributed by atoms with Crippen molar-refractivity contribution in [2.75, 3.05) is 5.73 Å². The van der Waals surface area contributed by atoms with Crippen molar-refractivity contribution in [2.45, 2.75) is 44.9 Å². The number of benzene rings is 1. The second-order valence-corrected chi connectivity index (χ2v) is 4.58. The molecule has 1 aliphatic rings. The van der Waals surface area contributed by atoms with Gasteiger partial charge >= 0.3 is 0 Å². The third-order valence-electron chi connectivity index (χ3n) is 3.52. The van der Waals surface area contributed by atoms with Crippen molar-refractivity contribution < 1.29 is 5.11 Å². The molecule has 2 nitrogen and oxygen atoms in total. The van der Waals surface area contributed by atoms with Crippen LogP contribution in [0.4, 0.5) is 5.69 Å². The molecule has 0 aliphatic heterocycles. The number of nitrogen functional groups attached to an aromatic ring is 1. The van der Waals surface area contributed by atoms with Crippen LogP contribution >= 0.6 is 0 Å². The minimum atomic E-state index is 0.304. The Morgan fingerprint density at radius 2 is 1.87 bits per heavy atom. The molecule has 0 bridgehead atoms. The van der Waals surface area contributed by atoms with E-state index in [-0.39, 0.29) is 0 Å². The summed E-state index contributed by atoms with van der Waals surface area (Å²) in [6, 6.07) is 3.53. The Balaban J connectivity index is 2.33. The highest BCUT2D eigenvalue weighted by Gasteiger charge is 2.18. The molecule has 1 aromatic rings. The first-order valence-corrected chi connectivity index (χ1v) is 5.77. The molecule has 0 atom stereocenters. The lowest BCUT2D eigenvalue weighted by Crippen LogP contribution is -2.07. The predicted molar refractivity (Wildman–Crippen MR) is 63.1 cm³/mol. The highest BCUT2D eigenvalue weighted by Crippen LogP contribution is 2.37. The van der Waals surface area contributed by atoms with Crippen molar-refractivity contribution >= 4 is 5.69 Å². The van der Waals surface area contributed by atoms with E-state index in [9.17, 15) is 5.11 Å². The lowest BCUT2D eigenvalue weighted by atomic mass is 9.82. The number of phenolic OH excluding ortho intramolecular Hbond substituents is 1. The van der Waals surface area contributed by atoms with Crippen molar-refractivity contribution in [3.05, 3.63) is 23.3 Å². The molecule has 0 spiro atoms. The third-order valence-corrected chi connectivity index (χ3v) is 3.52. The number of nitrogens with two attached hydrogens (primary N) is 1. The molecular formula is C13H19NO. The zero-order valence-corrected chi connectivity index (χ0v) is 9.29. The molecule has 0 saturated heterocycles. The summed E-state index contributed by atoms with van der Waals surface area (Å²) in [5.41, 5.74) is 9.00. The molecular weight excluding hydrogens is 186 g/mol. The van der Waals surface area contributed by atoms with E-state index in [1.54, 1.807) is 6.07 Å². The Bertz CT molecular complexity index is 354. The summed E-state index contributed by atoms with van der Waals surface area (Å²) in [7, 11) is 0. The molecule has 0 amide bonds. The maximum atomic E-state index is 9.57. The SMILES string of the molecule is Cc1c(N)cc(O)cc1C1CCCCC1. The second-order valence-electron chi connectivity index (χ2n) is 4.58. The van der Waals surface area contributed by atoms with Gasteiger partial charge in [0.15, 0.2) is 0 Å². The summed E-state index contributed by atoms with van der Waals surface area (Å²) in [4.78, 5) is 0. The summed E-state index contributed by atoms with van der Waals surface area (Å²) in [5.74, 6) is 0.909. The molecule has 1 aromatic carbocycles. The molecule has 3 N–H and O–H groups in total. The van der Waals surface area contributed by atoms with Gasteiger partial charge in [-0.15, -0.1) is 0 Å². The van der Waals surface area contributed by atoms with Crippen molar-refractivity contribution in [2.24, 2.45) is 0 Å². The van der Waals surface area contributed by atoms with E-state index in [0.717, 1.165) is 11.3 Å². The summed E-state index contributed by atoms with van der Waals surface area (Å²) < 4.78 is 0. The smallest absolute Gasteiger partial charge is 0.117 e. The van der Waals surface area contributed by atoms with Crippen LogP contribution in [0.2, 0.25) is 0 Å². The van der Waals surface area contributed by atoms with Crippen LogP contribution in [-0.4, -0.2) is 5.11 Å². The van der Waals surface area contributed by atoms with Crippen LogP contribution < -0.4 is 5.73 Å². The number of phenols is 1. The topological polar surface area (TPSA) is 46.2 Å². The van der Waals surface area contributed by atoms with Gasteiger partial charge in [-0.25, -0.2) is 0 Å². The third kappa shape index (κ3) is 2.09. The van der Waals surface area contributed by atoms with Gasteiger partial charge in [-0.1, -0.05) is 19.3 Å². The summed E-state index contributed by atoms with van der Waals surface area (Å²) >= 11 is 0. The van der Waals surface area contributed by atoms with E-state index in [1.807, 2.05) is 6.07 Å². The first-order valence-electron chi connectivity index (χ1n) is 5.77. The highest BCUT2D eigenvalue weighted by atomic mass is 16.3. The van der Waals surface area contributed by atoms with E-state index in [4.69, 9.17) is 5.73 Å². The van der Waals surface area contributed by atoms with Crippen LogP contribution in [0, 0.1) is 6.92 Å². The van der Waals surface area contributed by atoms with Crippen LogP contribution in [-0.2, 0) is 0 Å². The van der Waals surface area contributed by atoms with Gasteiger partial charge in [0.2, 0.25) is 0 Å². The Morgan fingerprint density at radius 1 is 1.20 bits per heavy atom. The molecule has 1 saturated carbocycles. The molecule has 82 valence electrons. The van der Waals surface area contributed by atoms with Crippen LogP contribution in [0.15, 0.2) is 12.1 Å². The Hall–Kier alpha value is -1.18. The van der Waals surface area contributed by atoms with Crippen LogP contribution in [0.25, 0.3) is 0 Å². The summed E-state index contributed by atoms with van der Waals surface area (Å²) in [6.45, 7) is 2.05. The van der Waals surface area contributed by atoms with E-state index < -0.39 is 0 Å². The predicted octanol–water partition coefficient (Wildman–Crippen LogP) is 3.33. The number of hydrogen-bond acceptors (Lipinski definition) is 2. The maximum Gasteiger partial charge on any atom is 0.117 e. The quantitative estimate of drug-likeness (QED) is 0.691. The first-order chi connectivity index (χ1) is 7.18. The Morgan fingerprint density at radius 3 is 2.53 bits per heavy atom. The normalized spacial score (nSPS) is 17.9. The van der Waals surface area contributed by atoms with Crippen molar-refractivity contribution in [1.29, 1.82) is 0 Å². The lowest BCUT2D eigenvalue weighted by molar-refractivity contribution is 0.437. The standard InChI is InChI=1S/C13H19NO/c1-9-12(7-11(15)8-13(9)14)10-5-3-2-4-6-10/h7-8,10,15H,2-6,14H2,1H3. The van der Waals surface area contributed by atoms with E-state index in [0.29, 0.717) is 11.7 Å². The molecule has 0 radical (unpaired) electrons. The van der Waals surface area contributed by atoms with Crippen molar-refractivity contribution in [3.8, 4) is 5.75 Å². The molecule has 1 fully saturated rings. The van der Waals surface area contributed by atoms with Crippen LogP contribution in [0.3, 0.4) is 0 Å². The van der Waals surface area contributed by atoms with Gasteiger partial charge in [0, 0.05) is 11.8 Å². The molecule has 15 heavy (non-hydrogen) atoms. The van der Waals surface area contributed by atoms with Gasteiger partial charge in [-0.2, -0.15) is 0 Å². The number of hydrogen-bond donors (Lipinski definition) is 2. The van der Waals surface area contributed by atoms with Crippen LogP contribution in [0.5, 0.6) is 5.75 Å². The lowest BCUT2D eigenvalue weighted by Gasteiger charge is -2.24. The second kappa shape index (κ2) is 4.13. The average Bonchev–Trinajstić information content (AvgIpc) is 2.24. The molecule has 0 unspecified atom stereocenters. The van der Waals surface area contributed by atoms with Gasteiger partial charge in [0.25, 0.3) is 0 Å². The maximum absolute atomic E-state index is 9.57. The van der Waals surface area contributed by atoms with Gasteiger partial charge in [0.05, 0.1) is 0 Å². The summed E-state index contributed by atoms with van der Waals surface area (Å²) in [6.07, 6.45) is 6.44. The molecule has 1 aliphatic carbocycles. The van der Waals surface area contributed by atoms with E-state index >= 15 is 0 Å².